The topological polar surface area (TPSA) is 75.4 Å². The summed E-state index contributed by atoms with van der Waals surface area (Å²) in [6, 6.07) is 14.4. The minimum Gasteiger partial charge on any atom is -0.497 e. The minimum absolute atomic E-state index is 0.318. The van der Waals surface area contributed by atoms with E-state index in [4.69, 9.17) is 15.5 Å². The number of nitrogen functional groups attached to an aromatic ring is 1. The molecule has 5 heteroatoms. The summed E-state index contributed by atoms with van der Waals surface area (Å²) in [7, 11) is 1.70. The number of nitrogens with one attached hydrogen (secondary N) is 2. The maximum absolute atomic E-state index is 6.36. The molecule has 5 nitrogen and oxygen atoms in total. The molecule has 132 valence electrons. The van der Waals surface area contributed by atoms with Crippen LogP contribution in [0, 0.1) is 0 Å². The molecule has 0 aliphatic carbocycles. The lowest BCUT2D eigenvalue weighted by molar-refractivity contribution is 0.415. The molecule has 2 aliphatic heterocycles. The number of aromatic amines is 1. The van der Waals surface area contributed by atoms with Crippen molar-refractivity contribution in [2.45, 2.75) is 18.4 Å². The standard InChI is InChI=1S/C21H22N4O/c1-26-13-6-7-14-15-8-10-24-21(16-4-2-3-5-17(16)22)9-11-23-20(21)19(15)25-18(14)12-13/h2-7,12,24-25H,8-11,22H2,1H3/t21-/m0/s1. The Morgan fingerprint density at radius 2 is 2.08 bits per heavy atom. The van der Waals surface area contributed by atoms with E-state index in [2.05, 4.69) is 34.6 Å². The van der Waals surface area contributed by atoms with E-state index in [1.54, 1.807) is 7.11 Å². The Balaban J connectivity index is 1.74. The largest absolute Gasteiger partial charge is 0.497 e. The van der Waals surface area contributed by atoms with Gasteiger partial charge < -0.3 is 20.8 Å². The summed E-state index contributed by atoms with van der Waals surface area (Å²) in [5.41, 5.74) is 12.6. The summed E-state index contributed by atoms with van der Waals surface area (Å²) in [6.45, 7) is 1.69. The number of fused-ring (bicyclic) bond motifs is 5. The summed E-state index contributed by atoms with van der Waals surface area (Å²) in [5.74, 6) is 0.860. The zero-order valence-corrected chi connectivity index (χ0v) is 14.8. The second-order valence-corrected chi connectivity index (χ2v) is 7.04. The first-order valence-electron chi connectivity index (χ1n) is 9.07. The molecule has 0 saturated heterocycles. The minimum atomic E-state index is -0.318. The van der Waals surface area contributed by atoms with Crippen LogP contribution in [0.2, 0.25) is 0 Å². The molecule has 0 amide bonds. The van der Waals surface area contributed by atoms with Gasteiger partial charge in [0.2, 0.25) is 0 Å². The first kappa shape index (κ1) is 15.5. The predicted molar refractivity (Wildman–Crippen MR) is 105 cm³/mol. The number of methoxy groups -OCH3 is 1. The van der Waals surface area contributed by atoms with E-state index >= 15 is 0 Å². The van der Waals surface area contributed by atoms with E-state index in [9.17, 15) is 0 Å². The SMILES string of the molecule is COc1ccc2c3c([nH]c2c1)C1=NCC[C@@]1(c1ccccc1N)NCC3. The second-order valence-electron chi connectivity index (χ2n) is 7.04. The monoisotopic (exact) mass is 346 g/mol. The second kappa shape index (κ2) is 5.61. The summed E-state index contributed by atoms with van der Waals surface area (Å²) in [6.07, 6.45) is 1.88. The molecule has 4 N–H and O–H groups in total. The van der Waals surface area contributed by atoms with Gasteiger partial charge in [0.15, 0.2) is 0 Å². The summed E-state index contributed by atoms with van der Waals surface area (Å²) >= 11 is 0. The molecular formula is C21H22N4O. The van der Waals surface area contributed by atoms with Crippen molar-refractivity contribution >= 4 is 22.3 Å². The van der Waals surface area contributed by atoms with Gasteiger partial charge in [0.05, 0.1) is 24.1 Å². The van der Waals surface area contributed by atoms with Gasteiger partial charge >= 0.3 is 0 Å². The van der Waals surface area contributed by atoms with Gasteiger partial charge in [-0.15, -0.1) is 0 Å². The average molecular weight is 346 g/mol. The molecule has 26 heavy (non-hydrogen) atoms. The van der Waals surface area contributed by atoms with Crippen LogP contribution in [0.1, 0.15) is 23.2 Å². The Morgan fingerprint density at radius 3 is 2.92 bits per heavy atom. The quantitative estimate of drug-likeness (QED) is 0.625. The van der Waals surface area contributed by atoms with Crippen LogP contribution in [0.4, 0.5) is 5.69 Å². The van der Waals surface area contributed by atoms with E-state index in [0.717, 1.165) is 59.9 Å². The Morgan fingerprint density at radius 1 is 1.19 bits per heavy atom. The highest BCUT2D eigenvalue weighted by molar-refractivity contribution is 6.12. The van der Waals surface area contributed by atoms with Crippen molar-refractivity contribution in [3.8, 4) is 5.75 Å². The number of benzene rings is 2. The van der Waals surface area contributed by atoms with Gasteiger partial charge in [-0.05, 0) is 36.6 Å². The number of aromatic nitrogens is 1. The Labute approximate surface area is 152 Å². The van der Waals surface area contributed by atoms with Crippen molar-refractivity contribution in [3.63, 3.8) is 0 Å². The Hall–Kier alpha value is -2.79. The lowest BCUT2D eigenvalue weighted by atomic mass is 9.81. The zero-order valence-electron chi connectivity index (χ0n) is 14.8. The van der Waals surface area contributed by atoms with Crippen molar-refractivity contribution in [3.05, 3.63) is 59.3 Å². The maximum Gasteiger partial charge on any atom is 0.120 e. The molecule has 0 spiro atoms. The molecule has 1 atom stereocenters. The molecule has 5 rings (SSSR count). The van der Waals surface area contributed by atoms with Crippen molar-refractivity contribution in [2.24, 2.45) is 4.99 Å². The van der Waals surface area contributed by atoms with E-state index in [-0.39, 0.29) is 5.54 Å². The van der Waals surface area contributed by atoms with Crippen LogP contribution in [0.5, 0.6) is 5.75 Å². The Bertz CT molecular complexity index is 1040. The van der Waals surface area contributed by atoms with Gasteiger partial charge in [0.1, 0.15) is 5.75 Å². The number of H-pyrrole nitrogens is 1. The maximum atomic E-state index is 6.36. The number of ether oxygens (including phenoxy) is 1. The number of hydrogen-bond donors (Lipinski definition) is 3. The molecule has 0 unspecified atom stereocenters. The number of anilines is 1. The van der Waals surface area contributed by atoms with Crippen molar-refractivity contribution in [2.75, 3.05) is 25.9 Å². The number of para-hydroxylation sites is 1. The van der Waals surface area contributed by atoms with Crippen LogP contribution >= 0.6 is 0 Å². The third kappa shape index (κ3) is 2.04. The third-order valence-electron chi connectivity index (χ3n) is 5.73. The van der Waals surface area contributed by atoms with Crippen LogP contribution in [-0.4, -0.2) is 30.9 Å². The lowest BCUT2D eigenvalue weighted by Gasteiger charge is -2.32. The van der Waals surface area contributed by atoms with Crippen molar-refractivity contribution < 1.29 is 4.74 Å². The first-order chi connectivity index (χ1) is 12.7. The zero-order chi connectivity index (χ0) is 17.7. The smallest absolute Gasteiger partial charge is 0.120 e. The molecule has 0 saturated carbocycles. The summed E-state index contributed by atoms with van der Waals surface area (Å²) in [4.78, 5) is 8.55. The van der Waals surface area contributed by atoms with E-state index in [0.29, 0.717) is 0 Å². The van der Waals surface area contributed by atoms with Crippen LogP contribution in [-0.2, 0) is 12.0 Å². The van der Waals surface area contributed by atoms with E-state index in [1.165, 1.54) is 10.9 Å². The number of rotatable bonds is 2. The van der Waals surface area contributed by atoms with Crippen LogP contribution in [0.3, 0.4) is 0 Å². The molecule has 0 fully saturated rings. The van der Waals surface area contributed by atoms with E-state index < -0.39 is 0 Å². The van der Waals surface area contributed by atoms with Crippen molar-refractivity contribution in [1.82, 2.24) is 10.3 Å². The molecule has 3 heterocycles. The first-order valence-corrected chi connectivity index (χ1v) is 9.07. The van der Waals surface area contributed by atoms with Gasteiger partial charge in [-0.1, -0.05) is 18.2 Å². The lowest BCUT2D eigenvalue weighted by Crippen LogP contribution is -2.47. The van der Waals surface area contributed by atoms with Crippen LogP contribution in [0.15, 0.2) is 47.5 Å². The molecule has 0 bridgehead atoms. The fraction of sp³-hybridized carbons (Fsp3) is 0.286. The molecular weight excluding hydrogens is 324 g/mol. The van der Waals surface area contributed by atoms with Gasteiger partial charge in [0, 0.05) is 41.3 Å². The van der Waals surface area contributed by atoms with Gasteiger partial charge in [-0.25, -0.2) is 0 Å². The predicted octanol–water partition coefficient (Wildman–Crippen LogP) is 2.99. The molecule has 2 aliphatic rings. The highest BCUT2D eigenvalue weighted by Crippen LogP contribution is 2.41. The number of hydrogen-bond acceptors (Lipinski definition) is 4. The van der Waals surface area contributed by atoms with Crippen LogP contribution in [0.25, 0.3) is 10.9 Å². The average Bonchev–Trinajstić information content (AvgIpc) is 3.20. The van der Waals surface area contributed by atoms with Gasteiger partial charge in [-0.2, -0.15) is 0 Å². The summed E-state index contributed by atoms with van der Waals surface area (Å²) in [5, 5.41) is 5.02. The highest BCUT2D eigenvalue weighted by Gasteiger charge is 2.45. The normalized spacial score (nSPS) is 21.8. The number of nitrogens with zero attached hydrogens (tertiary/aromatic N) is 1. The van der Waals surface area contributed by atoms with E-state index in [1.807, 2.05) is 18.2 Å². The molecule has 2 aromatic carbocycles. The number of aliphatic imine (C=N–C) groups is 1. The Kier molecular flexibility index (Phi) is 3.34. The van der Waals surface area contributed by atoms with Crippen molar-refractivity contribution in [1.29, 1.82) is 0 Å². The highest BCUT2D eigenvalue weighted by atomic mass is 16.5. The number of nitrogens with two attached hydrogens (primary N) is 1. The third-order valence-corrected chi connectivity index (χ3v) is 5.73. The van der Waals surface area contributed by atoms with Crippen LogP contribution < -0.4 is 15.8 Å². The molecule has 1 aromatic heterocycles. The fourth-order valence-electron chi connectivity index (χ4n) is 4.52. The fourth-order valence-corrected chi connectivity index (χ4v) is 4.52. The molecule has 3 aromatic rings. The molecule has 0 radical (unpaired) electrons. The van der Waals surface area contributed by atoms with Gasteiger partial charge in [-0.3, -0.25) is 4.99 Å². The van der Waals surface area contributed by atoms with Gasteiger partial charge in [0.25, 0.3) is 0 Å². The summed E-state index contributed by atoms with van der Waals surface area (Å²) < 4.78 is 5.39.